The minimum Gasteiger partial charge on any atom is -0.494 e. The first-order chi connectivity index (χ1) is 8.76. The Bertz CT molecular complexity index is 530. The Morgan fingerprint density at radius 1 is 1.42 bits per heavy atom. The van der Waals surface area contributed by atoms with E-state index in [0.717, 1.165) is 6.07 Å². The van der Waals surface area contributed by atoms with E-state index in [9.17, 15) is 9.18 Å². The first kappa shape index (κ1) is 14.8. The fourth-order valence-electron chi connectivity index (χ4n) is 1.32. The predicted molar refractivity (Wildman–Crippen MR) is 67.5 cm³/mol. The van der Waals surface area contributed by atoms with Crippen LogP contribution in [0.1, 0.15) is 26.3 Å². The lowest BCUT2D eigenvalue weighted by atomic mass is 10.2. The van der Waals surface area contributed by atoms with Crippen molar-refractivity contribution in [3.63, 3.8) is 0 Å². The van der Waals surface area contributed by atoms with Crippen molar-refractivity contribution in [1.82, 2.24) is 0 Å². The van der Waals surface area contributed by atoms with E-state index in [1.807, 2.05) is 0 Å². The van der Waals surface area contributed by atoms with Crippen molar-refractivity contribution in [2.45, 2.75) is 26.4 Å². The van der Waals surface area contributed by atoms with E-state index in [1.165, 1.54) is 13.2 Å². The first-order valence-electron chi connectivity index (χ1n) is 5.54. The van der Waals surface area contributed by atoms with Gasteiger partial charge in [0.25, 0.3) is 0 Å². The van der Waals surface area contributed by atoms with Crippen LogP contribution >= 0.6 is 0 Å². The number of anilines is 1. The van der Waals surface area contributed by atoms with Gasteiger partial charge in [-0.2, -0.15) is 5.26 Å². The highest BCUT2D eigenvalue weighted by atomic mass is 19.1. The van der Waals surface area contributed by atoms with Gasteiger partial charge in [0.15, 0.2) is 0 Å². The van der Waals surface area contributed by atoms with Crippen molar-refractivity contribution in [3.05, 3.63) is 23.5 Å². The Balaban J connectivity index is 3.00. The van der Waals surface area contributed by atoms with Crippen LogP contribution in [0.2, 0.25) is 0 Å². The van der Waals surface area contributed by atoms with Gasteiger partial charge in [-0.3, -0.25) is 5.32 Å². The van der Waals surface area contributed by atoms with Crippen LogP contribution in [0.4, 0.5) is 14.9 Å². The zero-order valence-corrected chi connectivity index (χ0v) is 11.2. The Labute approximate surface area is 110 Å². The number of hydrogen-bond donors (Lipinski definition) is 1. The molecule has 0 radical (unpaired) electrons. The zero-order chi connectivity index (χ0) is 14.6. The second-order valence-corrected chi connectivity index (χ2v) is 4.77. The summed E-state index contributed by atoms with van der Waals surface area (Å²) in [6.45, 7) is 5.15. The zero-order valence-electron chi connectivity index (χ0n) is 11.2. The van der Waals surface area contributed by atoms with Gasteiger partial charge in [-0.05, 0) is 26.8 Å². The van der Waals surface area contributed by atoms with E-state index < -0.39 is 17.5 Å². The van der Waals surface area contributed by atoms with Gasteiger partial charge in [-0.1, -0.05) is 0 Å². The summed E-state index contributed by atoms with van der Waals surface area (Å²) in [5.41, 5.74) is -0.670. The molecule has 6 heteroatoms. The van der Waals surface area contributed by atoms with Crippen molar-refractivity contribution in [1.29, 1.82) is 5.26 Å². The Morgan fingerprint density at radius 2 is 2.05 bits per heavy atom. The number of carbonyl (C=O) groups excluding carboxylic acids is 1. The van der Waals surface area contributed by atoms with E-state index in [4.69, 9.17) is 14.7 Å². The van der Waals surface area contributed by atoms with Gasteiger partial charge in [-0.15, -0.1) is 0 Å². The minimum absolute atomic E-state index is 0.113. The highest BCUT2D eigenvalue weighted by Gasteiger charge is 2.18. The summed E-state index contributed by atoms with van der Waals surface area (Å²) >= 11 is 0. The van der Waals surface area contributed by atoms with Crippen LogP contribution in [0.5, 0.6) is 5.75 Å². The third kappa shape index (κ3) is 4.14. The topological polar surface area (TPSA) is 71.3 Å². The average molecular weight is 266 g/mol. The molecule has 1 rings (SSSR count). The van der Waals surface area contributed by atoms with E-state index in [0.29, 0.717) is 0 Å². The number of amides is 1. The van der Waals surface area contributed by atoms with Crippen molar-refractivity contribution in [3.8, 4) is 11.8 Å². The number of nitrogens with zero attached hydrogens (tertiary/aromatic N) is 1. The Kier molecular flexibility index (Phi) is 4.33. The summed E-state index contributed by atoms with van der Waals surface area (Å²) in [5.74, 6) is -0.601. The van der Waals surface area contributed by atoms with Crippen LogP contribution in [0.25, 0.3) is 0 Å². The fraction of sp³-hybridized carbons (Fsp3) is 0.385. The van der Waals surface area contributed by atoms with Crippen molar-refractivity contribution in [2.75, 3.05) is 12.4 Å². The molecule has 0 heterocycles. The normalized spacial score (nSPS) is 10.5. The molecule has 19 heavy (non-hydrogen) atoms. The van der Waals surface area contributed by atoms with E-state index in [2.05, 4.69) is 5.32 Å². The maximum absolute atomic E-state index is 13.4. The number of benzene rings is 1. The van der Waals surface area contributed by atoms with Gasteiger partial charge in [0.2, 0.25) is 0 Å². The van der Waals surface area contributed by atoms with Gasteiger partial charge in [0, 0.05) is 6.07 Å². The summed E-state index contributed by atoms with van der Waals surface area (Å²) in [7, 11) is 1.33. The number of halogens is 1. The lowest BCUT2D eigenvalue weighted by molar-refractivity contribution is 0.0635. The molecule has 0 atom stereocenters. The van der Waals surface area contributed by atoms with Gasteiger partial charge in [0.05, 0.1) is 18.4 Å². The highest BCUT2D eigenvalue weighted by molar-refractivity contribution is 5.87. The molecule has 0 saturated heterocycles. The van der Waals surface area contributed by atoms with Crippen LogP contribution < -0.4 is 10.1 Å². The minimum atomic E-state index is -0.714. The summed E-state index contributed by atoms with van der Waals surface area (Å²) in [6.07, 6.45) is -0.707. The van der Waals surface area contributed by atoms with E-state index in [1.54, 1.807) is 26.8 Å². The third-order valence-electron chi connectivity index (χ3n) is 2.05. The number of nitrogens with one attached hydrogen (secondary N) is 1. The highest BCUT2D eigenvalue weighted by Crippen LogP contribution is 2.28. The maximum atomic E-state index is 13.4. The smallest absolute Gasteiger partial charge is 0.412 e. The summed E-state index contributed by atoms with van der Waals surface area (Å²) < 4.78 is 23.4. The quantitative estimate of drug-likeness (QED) is 0.893. The molecule has 1 aromatic rings. The molecule has 0 aliphatic heterocycles. The molecule has 102 valence electrons. The van der Waals surface area contributed by atoms with Crippen LogP contribution in [0, 0.1) is 17.1 Å². The number of nitriles is 1. The van der Waals surface area contributed by atoms with Crippen LogP contribution in [0.3, 0.4) is 0 Å². The Hall–Kier alpha value is -2.29. The molecule has 5 nitrogen and oxygen atoms in total. The molecule has 0 aliphatic rings. The summed E-state index contributed by atoms with van der Waals surface area (Å²) in [6, 6.07) is 3.91. The first-order valence-corrected chi connectivity index (χ1v) is 5.54. The van der Waals surface area contributed by atoms with E-state index in [-0.39, 0.29) is 17.0 Å². The fourth-order valence-corrected chi connectivity index (χ4v) is 1.32. The van der Waals surface area contributed by atoms with Crippen molar-refractivity contribution in [2.24, 2.45) is 0 Å². The van der Waals surface area contributed by atoms with Gasteiger partial charge in [-0.25, -0.2) is 9.18 Å². The SMILES string of the molecule is COc1cc(F)c(C#N)cc1NC(=O)OC(C)(C)C. The molecular weight excluding hydrogens is 251 g/mol. The number of rotatable bonds is 2. The third-order valence-corrected chi connectivity index (χ3v) is 2.05. The number of hydrogen-bond acceptors (Lipinski definition) is 4. The van der Waals surface area contributed by atoms with Crippen LogP contribution in [-0.2, 0) is 4.74 Å². The molecule has 0 fully saturated rings. The summed E-state index contributed by atoms with van der Waals surface area (Å²) in [5, 5.41) is 11.2. The van der Waals surface area contributed by atoms with Crippen molar-refractivity contribution >= 4 is 11.8 Å². The molecule has 0 aliphatic carbocycles. The molecule has 1 amide bonds. The standard InChI is InChI=1S/C13H15FN2O3/c1-13(2,3)19-12(17)16-10-5-8(7-15)9(14)6-11(10)18-4/h5-6H,1-4H3,(H,16,17). The maximum Gasteiger partial charge on any atom is 0.412 e. The van der Waals surface area contributed by atoms with Gasteiger partial charge < -0.3 is 9.47 Å². The second kappa shape index (κ2) is 5.57. The molecule has 0 aromatic heterocycles. The molecule has 1 N–H and O–H groups in total. The number of ether oxygens (including phenoxy) is 2. The molecule has 0 bridgehead atoms. The molecule has 0 unspecified atom stereocenters. The van der Waals surface area contributed by atoms with Crippen LogP contribution in [0.15, 0.2) is 12.1 Å². The van der Waals surface area contributed by atoms with Gasteiger partial charge in [0.1, 0.15) is 23.2 Å². The Morgan fingerprint density at radius 3 is 2.53 bits per heavy atom. The monoisotopic (exact) mass is 266 g/mol. The molecule has 1 aromatic carbocycles. The predicted octanol–water partition coefficient (Wildman–Crippen LogP) is 3.05. The van der Waals surface area contributed by atoms with Crippen molar-refractivity contribution < 1.29 is 18.7 Å². The molecule has 0 saturated carbocycles. The largest absolute Gasteiger partial charge is 0.494 e. The molecular formula is C13H15FN2O3. The van der Waals surface area contributed by atoms with Gasteiger partial charge >= 0.3 is 6.09 Å². The second-order valence-electron chi connectivity index (χ2n) is 4.77. The van der Waals surface area contributed by atoms with E-state index >= 15 is 0 Å². The number of methoxy groups -OCH3 is 1. The van der Waals surface area contributed by atoms with Crippen LogP contribution in [-0.4, -0.2) is 18.8 Å². The number of carbonyl (C=O) groups is 1. The lowest BCUT2D eigenvalue weighted by Crippen LogP contribution is -2.27. The summed E-state index contributed by atoms with van der Waals surface area (Å²) in [4.78, 5) is 11.6. The lowest BCUT2D eigenvalue weighted by Gasteiger charge is -2.20. The average Bonchev–Trinajstić information content (AvgIpc) is 2.28. The molecule has 0 spiro atoms.